The Morgan fingerprint density at radius 3 is 2.83 bits per heavy atom. The van der Waals surface area contributed by atoms with Gasteiger partial charge in [-0.15, -0.1) is 0 Å². The van der Waals surface area contributed by atoms with Crippen molar-refractivity contribution in [3.05, 3.63) is 47.7 Å². The fourth-order valence-corrected chi connectivity index (χ4v) is 1.63. The van der Waals surface area contributed by atoms with Gasteiger partial charge in [0.15, 0.2) is 0 Å². The molecule has 0 N–H and O–H groups in total. The molecule has 1 aliphatic rings. The molecular weight excluding hydrogens is 230 g/mol. The zero-order chi connectivity index (χ0) is 13.0. The van der Waals surface area contributed by atoms with Gasteiger partial charge < -0.3 is 9.47 Å². The van der Waals surface area contributed by atoms with Crippen molar-refractivity contribution in [2.45, 2.75) is 19.9 Å². The lowest BCUT2D eigenvalue weighted by Crippen LogP contribution is -2.06. The lowest BCUT2D eigenvalue weighted by atomic mass is 10.2. The van der Waals surface area contributed by atoms with E-state index in [-0.39, 0.29) is 6.04 Å². The zero-order valence-electron chi connectivity index (χ0n) is 10.4. The van der Waals surface area contributed by atoms with E-state index >= 15 is 0 Å². The summed E-state index contributed by atoms with van der Waals surface area (Å²) in [4.78, 5) is 15.7. The first-order chi connectivity index (χ1) is 8.70. The first-order valence-electron chi connectivity index (χ1n) is 5.90. The summed E-state index contributed by atoms with van der Waals surface area (Å²) in [6, 6.07) is 9.43. The van der Waals surface area contributed by atoms with Crippen LogP contribution in [-0.4, -0.2) is 24.5 Å². The monoisotopic (exact) mass is 245 g/mol. The van der Waals surface area contributed by atoms with Gasteiger partial charge >= 0.3 is 5.97 Å². The van der Waals surface area contributed by atoms with Crippen LogP contribution in [0, 0.1) is 0 Å². The van der Waals surface area contributed by atoms with E-state index in [0.29, 0.717) is 18.3 Å². The fourth-order valence-electron chi connectivity index (χ4n) is 1.63. The van der Waals surface area contributed by atoms with Crippen LogP contribution in [0.2, 0.25) is 0 Å². The number of rotatable bonds is 3. The van der Waals surface area contributed by atoms with E-state index in [4.69, 9.17) is 9.47 Å². The van der Waals surface area contributed by atoms with Crippen LogP contribution >= 0.6 is 0 Å². The highest BCUT2D eigenvalue weighted by Crippen LogP contribution is 2.21. The maximum absolute atomic E-state index is 11.4. The molecule has 2 rings (SSSR count). The summed E-state index contributed by atoms with van der Waals surface area (Å²) in [5.74, 6) is 0.662. The first kappa shape index (κ1) is 12.4. The van der Waals surface area contributed by atoms with Gasteiger partial charge in [0, 0.05) is 5.56 Å². The van der Waals surface area contributed by atoms with Crippen molar-refractivity contribution in [1.29, 1.82) is 0 Å². The molecule has 0 aliphatic carbocycles. The molecule has 4 nitrogen and oxygen atoms in total. The minimum absolute atomic E-state index is 0.162. The Hall–Kier alpha value is -2.10. The molecule has 0 radical (unpaired) electrons. The van der Waals surface area contributed by atoms with Crippen LogP contribution < -0.4 is 0 Å². The third-order valence-electron chi connectivity index (χ3n) is 2.50. The van der Waals surface area contributed by atoms with Gasteiger partial charge in [0.05, 0.1) is 12.7 Å². The molecule has 1 aliphatic heterocycles. The minimum atomic E-state index is -0.399. The number of aliphatic imine (C=N–C) groups is 1. The number of hydrogen-bond donors (Lipinski definition) is 0. The summed E-state index contributed by atoms with van der Waals surface area (Å²) in [5, 5.41) is 0. The van der Waals surface area contributed by atoms with Crippen LogP contribution in [0.5, 0.6) is 0 Å². The van der Waals surface area contributed by atoms with Gasteiger partial charge in [-0.2, -0.15) is 0 Å². The molecule has 94 valence electrons. The smallest absolute Gasteiger partial charge is 0.334 e. The predicted molar refractivity (Wildman–Crippen MR) is 68.2 cm³/mol. The summed E-state index contributed by atoms with van der Waals surface area (Å²) in [5.41, 5.74) is 0.900. The number of hydrogen-bond acceptors (Lipinski definition) is 4. The molecule has 1 atom stereocenters. The molecule has 0 saturated carbocycles. The van der Waals surface area contributed by atoms with Crippen molar-refractivity contribution in [2.24, 2.45) is 4.99 Å². The lowest BCUT2D eigenvalue weighted by molar-refractivity contribution is -0.137. The second-order valence-electron chi connectivity index (χ2n) is 3.88. The van der Waals surface area contributed by atoms with Crippen molar-refractivity contribution in [1.82, 2.24) is 0 Å². The molecule has 4 heteroatoms. The Labute approximate surface area is 106 Å². The van der Waals surface area contributed by atoms with Crippen LogP contribution in [0.4, 0.5) is 0 Å². The molecule has 0 amide bonds. The van der Waals surface area contributed by atoms with Gasteiger partial charge in [-0.05, 0) is 26.0 Å². The molecule has 0 spiro atoms. The van der Waals surface area contributed by atoms with Gasteiger partial charge in [-0.1, -0.05) is 18.2 Å². The van der Waals surface area contributed by atoms with Crippen molar-refractivity contribution >= 4 is 11.9 Å². The number of benzene rings is 1. The number of nitrogens with zero attached hydrogens (tertiary/aromatic N) is 1. The normalized spacial score (nSPS) is 20.4. The first-order valence-corrected chi connectivity index (χ1v) is 5.90. The second kappa shape index (κ2) is 5.49. The lowest BCUT2D eigenvalue weighted by Gasteiger charge is -2.04. The highest BCUT2D eigenvalue weighted by Gasteiger charge is 2.23. The standard InChI is InChI=1S/C14H15NO3/c1-3-17-13(16)9-12-10(2)15-14(18-12)11-7-5-4-6-8-11/h4-10H,3H2,1-2H3/b12-9+. The van der Waals surface area contributed by atoms with Gasteiger partial charge in [-0.3, -0.25) is 0 Å². The molecule has 0 aromatic heterocycles. The van der Waals surface area contributed by atoms with Crippen LogP contribution in [0.1, 0.15) is 19.4 Å². The van der Waals surface area contributed by atoms with Gasteiger partial charge in [0.25, 0.3) is 0 Å². The molecule has 1 aromatic carbocycles. The minimum Gasteiger partial charge on any atom is -0.463 e. The van der Waals surface area contributed by atoms with E-state index < -0.39 is 5.97 Å². The highest BCUT2D eigenvalue weighted by molar-refractivity contribution is 5.97. The summed E-state index contributed by atoms with van der Waals surface area (Å²) in [6.07, 6.45) is 1.35. The maximum atomic E-state index is 11.4. The third-order valence-corrected chi connectivity index (χ3v) is 2.50. The summed E-state index contributed by atoms with van der Waals surface area (Å²) < 4.78 is 10.4. The number of carbonyl (C=O) groups is 1. The summed E-state index contributed by atoms with van der Waals surface area (Å²) >= 11 is 0. The van der Waals surface area contributed by atoms with E-state index in [2.05, 4.69) is 4.99 Å². The average Bonchev–Trinajstić information content (AvgIpc) is 2.72. The third kappa shape index (κ3) is 2.77. The van der Waals surface area contributed by atoms with E-state index in [0.717, 1.165) is 5.56 Å². The van der Waals surface area contributed by atoms with E-state index in [1.165, 1.54) is 6.08 Å². The summed E-state index contributed by atoms with van der Waals surface area (Å²) in [7, 11) is 0. The Morgan fingerprint density at radius 2 is 2.17 bits per heavy atom. The van der Waals surface area contributed by atoms with Gasteiger partial charge in [-0.25, -0.2) is 9.79 Å². The molecule has 0 fully saturated rings. The van der Waals surface area contributed by atoms with Crippen molar-refractivity contribution < 1.29 is 14.3 Å². The van der Waals surface area contributed by atoms with Crippen molar-refractivity contribution in [3.8, 4) is 0 Å². The van der Waals surface area contributed by atoms with Crippen molar-refractivity contribution in [3.63, 3.8) is 0 Å². The van der Waals surface area contributed by atoms with Crippen LogP contribution in [0.15, 0.2) is 47.2 Å². The molecular formula is C14H15NO3. The molecule has 0 saturated heterocycles. The Morgan fingerprint density at radius 1 is 1.44 bits per heavy atom. The molecule has 1 unspecified atom stereocenters. The topological polar surface area (TPSA) is 47.9 Å². The molecule has 1 heterocycles. The van der Waals surface area contributed by atoms with Gasteiger partial charge in [0.1, 0.15) is 11.8 Å². The highest BCUT2D eigenvalue weighted by atomic mass is 16.5. The van der Waals surface area contributed by atoms with E-state index in [1.54, 1.807) is 6.92 Å². The van der Waals surface area contributed by atoms with Crippen LogP contribution in [0.3, 0.4) is 0 Å². The second-order valence-corrected chi connectivity index (χ2v) is 3.88. The van der Waals surface area contributed by atoms with Crippen molar-refractivity contribution in [2.75, 3.05) is 6.61 Å². The Bertz CT molecular complexity index is 491. The zero-order valence-corrected chi connectivity index (χ0v) is 10.4. The quantitative estimate of drug-likeness (QED) is 0.606. The molecule has 0 bridgehead atoms. The van der Waals surface area contributed by atoms with Crippen LogP contribution in [-0.2, 0) is 14.3 Å². The number of carbonyl (C=O) groups excluding carboxylic acids is 1. The number of ether oxygens (including phenoxy) is 2. The number of esters is 1. The predicted octanol–water partition coefficient (Wildman–Crippen LogP) is 2.30. The summed E-state index contributed by atoms with van der Waals surface area (Å²) in [6.45, 7) is 3.99. The Kier molecular flexibility index (Phi) is 3.77. The molecule has 18 heavy (non-hydrogen) atoms. The fraction of sp³-hybridized carbons (Fsp3) is 0.286. The van der Waals surface area contributed by atoms with Crippen LogP contribution in [0.25, 0.3) is 0 Å². The Balaban J connectivity index is 2.12. The molecule has 1 aromatic rings. The average molecular weight is 245 g/mol. The largest absolute Gasteiger partial charge is 0.463 e. The van der Waals surface area contributed by atoms with E-state index in [9.17, 15) is 4.79 Å². The maximum Gasteiger partial charge on any atom is 0.334 e. The van der Waals surface area contributed by atoms with E-state index in [1.807, 2.05) is 37.3 Å². The SMILES string of the molecule is CCOC(=O)/C=C1/OC(c2ccccc2)=NC1C. The van der Waals surface area contributed by atoms with Gasteiger partial charge in [0.2, 0.25) is 5.90 Å².